The average molecular weight is 316 g/mol. The van der Waals surface area contributed by atoms with Gasteiger partial charge >= 0.3 is 5.97 Å². The number of rotatable bonds is 5. The first-order valence-electron chi connectivity index (χ1n) is 6.44. The Morgan fingerprint density at radius 1 is 1.25 bits per heavy atom. The maximum Gasteiger partial charge on any atom is 0.325 e. The summed E-state index contributed by atoms with van der Waals surface area (Å²) in [5.74, 6) is -0.647. The highest BCUT2D eigenvalue weighted by atomic mass is 35.5. The fourth-order valence-electron chi connectivity index (χ4n) is 1.94. The molecule has 6 heteroatoms. The lowest BCUT2D eigenvalue weighted by Crippen LogP contribution is -2.38. The zero-order valence-electron chi connectivity index (χ0n) is 11.1. The van der Waals surface area contributed by atoms with Gasteiger partial charge < -0.3 is 9.64 Å². The Labute approximate surface area is 127 Å². The molecule has 0 radical (unpaired) electrons. The molecule has 108 valence electrons. The van der Waals surface area contributed by atoms with E-state index in [-0.39, 0.29) is 18.5 Å². The predicted octanol–water partition coefficient (Wildman–Crippen LogP) is 3.16. The number of benzene rings is 1. The number of carbonyl (C=O) groups excluding carboxylic acids is 2. The van der Waals surface area contributed by atoms with Crippen molar-refractivity contribution in [3.05, 3.63) is 33.8 Å². The summed E-state index contributed by atoms with van der Waals surface area (Å²) in [6.45, 7) is 1.99. The molecule has 1 amide bonds. The van der Waals surface area contributed by atoms with Crippen LogP contribution in [0.3, 0.4) is 0 Å². The standard InChI is InChI=1S/C14H15Cl2NO3/c1-2-20-13(18)8-17(12-3-4-12)14(19)9-5-10(15)7-11(16)6-9/h5-7,12H,2-4,8H2,1H3. The van der Waals surface area contributed by atoms with Crippen molar-refractivity contribution in [3.8, 4) is 0 Å². The monoisotopic (exact) mass is 315 g/mol. The molecule has 0 unspecified atom stereocenters. The maximum atomic E-state index is 12.5. The van der Waals surface area contributed by atoms with Crippen LogP contribution in [0.25, 0.3) is 0 Å². The van der Waals surface area contributed by atoms with E-state index in [1.165, 1.54) is 4.90 Å². The van der Waals surface area contributed by atoms with Crippen molar-refractivity contribution < 1.29 is 14.3 Å². The van der Waals surface area contributed by atoms with Gasteiger partial charge in [0.05, 0.1) is 6.61 Å². The van der Waals surface area contributed by atoms with Crippen LogP contribution in [0.1, 0.15) is 30.1 Å². The lowest BCUT2D eigenvalue weighted by atomic mass is 10.2. The van der Waals surface area contributed by atoms with Crippen LogP contribution in [0.5, 0.6) is 0 Å². The Kier molecular flexibility index (Phi) is 4.89. The van der Waals surface area contributed by atoms with E-state index in [0.717, 1.165) is 12.8 Å². The lowest BCUT2D eigenvalue weighted by molar-refractivity contribution is -0.144. The van der Waals surface area contributed by atoms with E-state index in [9.17, 15) is 9.59 Å². The van der Waals surface area contributed by atoms with Crippen LogP contribution in [0.4, 0.5) is 0 Å². The predicted molar refractivity (Wildman–Crippen MR) is 77.2 cm³/mol. The summed E-state index contributed by atoms with van der Waals surface area (Å²) in [5, 5.41) is 0.792. The first-order chi connectivity index (χ1) is 9.51. The van der Waals surface area contributed by atoms with E-state index in [4.69, 9.17) is 27.9 Å². The molecule has 1 aromatic rings. The first-order valence-corrected chi connectivity index (χ1v) is 7.19. The Balaban J connectivity index is 2.16. The molecule has 1 aliphatic rings. The zero-order valence-corrected chi connectivity index (χ0v) is 12.6. The van der Waals surface area contributed by atoms with Crippen molar-refractivity contribution in [1.29, 1.82) is 0 Å². The number of carbonyl (C=O) groups is 2. The number of halogens is 2. The van der Waals surface area contributed by atoms with Crippen LogP contribution in [-0.4, -0.2) is 36.0 Å². The minimum atomic E-state index is -0.402. The highest BCUT2D eigenvalue weighted by Crippen LogP contribution is 2.29. The van der Waals surface area contributed by atoms with Gasteiger partial charge in [0.25, 0.3) is 5.91 Å². The normalized spacial score (nSPS) is 13.9. The molecule has 20 heavy (non-hydrogen) atoms. The highest BCUT2D eigenvalue weighted by Gasteiger charge is 2.34. The number of hydrogen-bond acceptors (Lipinski definition) is 3. The van der Waals surface area contributed by atoms with Gasteiger partial charge in [0.1, 0.15) is 6.54 Å². The quantitative estimate of drug-likeness (QED) is 0.784. The second-order valence-electron chi connectivity index (χ2n) is 4.63. The zero-order chi connectivity index (χ0) is 14.7. The minimum absolute atomic E-state index is 0.0402. The Bertz CT molecular complexity index is 509. The smallest absolute Gasteiger partial charge is 0.325 e. The molecule has 0 atom stereocenters. The number of ether oxygens (including phenoxy) is 1. The molecule has 4 nitrogen and oxygen atoms in total. The third-order valence-corrected chi connectivity index (χ3v) is 3.40. The van der Waals surface area contributed by atoms with E-state index < -0.39 is 5.97 Å². The van der Waals surface area contributed by atoms with E-state index in [1.54, 1.807) is 25.1 Å². The molecular formula is C14H15Cl2NO3. The second kappa shape index (κ2) is 6.46. The summed E-state index contributed by atoms with van der Waals surface area (Å²) in [6, 6.07) is 4.77. The number of amides is 1. The third kappa shape index (κ3) is 3.87. The Morgan fingerprint density at radius 2 is 1.85 bits per heavy atom. The van der Waals surface area contributed by atoms with Gasteiger partial charge in [0, 0.05) is 21.7 Å². The average Bonchev–Trinajstić information content (AvgIpc) is 3.18. The Morgan fingerprint density at radius 3 is 2.35 bits per heavy atom. The van der Waals surface area contributed by atoms with Gasteiger partial charge in [-0.25, -0.2) is 0 Å². The Hall–Kier alpha value is -1.26. The number of nitrogens with zero attached hydrogens (tertiary/aromatic N) is 1. The minimum Gasteiger partial charge on any atom is -0.465 e. The largest absolute Gasteiger partial charge is 0.465 e. The molecule has 0 N–H and O–H groups in total. The van der Waals surface area contributed by atoms with E-state index in [0.29, 0.717) is 22.2 Å². The van der Waals surface area contributed by atoms with Crippen LogP contribution < -0.4 is 0 Å². The molecule has 2 rings (SSSR count). The maximum absolute atomic E-state index is 12.5. The topological polar surface area (TPSA) is 46.6 Å². The van der Waals surface area contributed by atoms with Crippen molar-refractivity contribution >= 4 is 35.1 Å². The molecular weight excluding hydrogens is 301 g/mol. The van der Waals surface area contributed by atoms with Crippen molar-refractivity contribution in [3.63, 3.8) is 0 Å². The van der Waals surface area contributed by atoms with Gasteiger partial charge in [-0.3, -0.25) is 9.59 Å². The molecule has 0 saturated heterocycles. The molecule has 1 saturated carbocycles. The van der Waals surface area contributed by atoms with Crippen LogP contribution in [-0.2, 0) is 9.53 Å². The molecule has 1 aromatic carbocycles. The summed E-state index contributed by atoms with van der Waals surface area (Å²) < 4.78 is 4.90. The van der Waals surface area contributed by atoms with Crippen LogP contribution in [0.15, 0.2) is 18.2 Å². The molecule has 0 heterocycles. The van der Waals surface area contributed by atoms with Crippen LogP contribution in [0.2, 0.25) is 10.0 Å². The summed E-state index contributed by atoms with van der Waals surface area (Å²) in [5.41, 5.74) is 0.388. The summed E-state index contributed by atoms with van der Waals surface area (Å²) in [7, 11) is 0. The van der Waals surface area contributed by atoms with Gasteiger partial charge in [0.15, 0.2) is 0 Å². The van der Waals surface area contributed by atoms with Crippen LogP contribution in [0, 0.1) is 0 Å². The number of esters is 1. The van der Waals surface area contributed by atoms with E-state index >= 15 is 0 Å². The summed E-state index contributed by atoms with van der Waals surface area (Å²) >= 11 is 11.8. The van der Waals surface area contributed by atoms with Crippen molar-refractivity contribution in [1.82, 2.24) is 4.90 Å². The molecule has 0 spiro atoms. The van der Waals surface area contributed by atoms with Gasteiger partial charge in [0.2, 0.25) is 0 Å². The third-order valence-electron chi connectivity index (χ3n) is 2.96. The molecule has 0 aromatic heterocycles. The lowest BCUT2D eigenvalue weighted by Gasteiger charge is -2.21. The molecule has 0 bridgehead atoms. The van der Waals surface area contributed by atoms with Gasteiger partial charge in [-0.1, -0.05) is 23.2 Å². The van der Waals surface area contributed by atoms with Crippen molar-refractivity contribution in [2.75, 3.05) is 13.2 Å². The SMILES string of the molecule is CCOC(=O)CN(C(=O)c1cc(Cl)cc(Cl)c1)C1CC1. The van der Waals surface area contributed by atoms with Gasteiger partial charge in [-0.05, 0) is 38.0 Å². The second-order valence-corrected chi connectivity index (χ2v) is 5.50. The van der Waals surface area contributed by atoms with E-state index in [1.807, 2.05) is 0 Å². The van der Waals surface area contributed by atoms with Crippen molar-refractivity contribution in [2.45, 2.75) is 25.8 Å². The van der Waals surface area contributed by atoms with Crippen molar-refractivity contribution in [2.24, 2.45) is 0 Å². The molecule has 1 fully saturated rings. The summed E-state index contributed by atoms with van der Waals surface area (Å²) in [4.78, 5) is 25.6. The number of hydrogen-bond donors (Lipinski definition) is 0. The molecule has 1 aliphatic carbocycles. The fourth-order valence-corrected chi connectivity index (χ4v) is 2.47. The van der Waals surface area contributed by atoms with Crippen LogP contribution >= 0.6 is 23.2 Å². The highest BCUT2D eigenvalue weighted by molar-refractivity contribution is 6.35. The summed E-state index contributed by atoms with van der Waals surface area (Å²) in [6.07, 6.45) is 1.80. The van der Waals surface area contributed by atoms with Gasteiger partial charge in [-0.2, -0.15) is 0 Å². The van der Waals surface area contributed by atoms with Gasteiger partial charge in [-0.15, -0.1) is 0 Å². The van der Waals surface area contributed by atoms with E-state index in [2.05, 4.69) is 0 Å². The molecule has 0 aliphatic heterocycles. The first kappa shape index (κ1) is 15.1. The fraction of sp³-hybridized carbons (Fsp3) is 0.429.